The van der Waals surface area contributed by atoms with Crippen LogP contribution >= 0.6 is 11.6 Å². The number of sulfonamides is 1. The lowest BCUT2D eigenvalue weighted by Gasteiger charge is -2.25. The molecule has 1 saturated carbocycles. The predicted octanol–water partition coefficient (Wildman–Crippen LogP) is 2.29. The van der Waals surface area contributed by atoms with Gasteiger partial charge < -0.3 is 5.11 Å². The van der Waals surface area contributed by atoms with Crippen molar-refractivity contribution in [3.8, 4) is 11.8 Å². The van der Waals surface area contributed by atoms with Gasteiger partial charge in [-0.25, -0.2) is 13.1 Å². The van der Waals surface area contributed by atoms with Crippen molar-refractivity contribution in [1.82, 2.24) is 4.72 Å². The molecule has 0 atom stereocenters. The zero-order chi connectivity index (χ0) is 15.5. The van der Waals surface area contributed by atoms with Gasteiger partial charge in [-0.3, -0.25) is 0 Å². The largest absolute Gasteiger partial charge is 0.384 e. The van der Waals surface area contributed by atoms with Crippen LogP contribution in [0.4, 0.5) is 0 Å². The van der Waals surface area contributed by atoms with Gasteiger partial charge in [-0.05, 0) is 38.0 Å². The maximum atomic E-state index is 12.5. The fourth-order valence-electron chi connectivity index (χ4n) is 2.57. The van der Waals surface area contributed by atoms with Gasteiger partial charge >= 0.3 is 0 Å². The number of hydrogen-bond acceptors (Lipinski definition) is 3. The van der Waals surface area contributed by atoms with E-state index in [1.165, 1.54) is 12.1 Å². The number of aliphatic hydroxyl groups is 1. The Labute approximate surface area is 130 Å². The van der Waals surface area contributed by atoms with Crippen molar-refractivity contribution in [2.24, 2.45) is 0 Å². The van der Waals surface area contributed by atoms with E-state index in [1.54, 1.807) is 6.07 Å². The molecule has 4 nitrogen and oxygen atoms in total. The van der Waals surface area contributed by atoms with Gasteiger partial charge in [0.25, 0.3) is 0 Å². The number of rotatable bonds is 3. The summed E-state index contributed by atoms with van der Waals surface area (Å²) in [5.74, 6) is 5.19. The highest BCUT2D eigenvalue weighted by Gasteiger charge is 2.34. The SMILES string of the molecule is CC1(NS(=O)(=O)c2ccc(C#CCO)cc2Cl)CCCC1. The molecule has 1 aromatic rings. The minimum Gasteiger partial charge on any atom is -0.384 e. The second-order valence-corrected chi connectivity index (χ2v) is 7.54. The smallest absolute Gasteiger partial charge is 0.242 e. The van der Waals surface area contributed by atoms with Crippen LogP contribution in [0.15, 0.2) is 23.1 Å². The summed E-state index contributed by atoms with van der Waals surface area (Å²) in [6.45, 7) is 1.67. The molecule has 0 radical (unpaired) electrons. The van der Waals surface area contributed by atoms with Crippen LogP contribution in [0.2, 0.25) is 5.02 Å². The van der Waals surface area contributed by atoms with E-state index in [2.05, 4.69) is 16.6 Å². The summed E-state index contributed by atoms with van der Waals surface area (Å²) in [6, 6.07) is 4.53. The Balaban J connectivity index is 2.28. The number of nitrogens with one attached hydrogen (secondary N) is 1. The minimum atomic E-state index is -3.65. The molecular formula is C15H18ClNO3S. The molecule has 0 amide bonds. The predicted molar refractivity (Wildman–Crippen MR) is 82.6 cm³/mol. The lowest BCUT2D eigenvalue weighted by Crippen LogP contribution is -2.43. The Hall–Kier alpha value is -1.06. The van der Waals surface area contributed by atoms with Gasteiger partial charge in [0, 0.05) is 11.1 Å². The van der Waals surface area contributed by atoms with Crippen molar-refractivity contribution in [3.05, 3.63) is 28.8 Å². The van der Waals surface area contributed by atoms with Crippen LogP contribution in [-0.4, -0.2) is 25.7 Å². The standard InChI is InChI=1S/C15H18ClNO3S/c1-15(8-2-3-9-15)17-21(19,20)14-7-6-12(5-4-10-18)11-13(14)16/h6-7,11,17-18H,2-3,8-10H2,1H3. The van der Waals surface area contributed by atoms with Gasteiger partial charge in [0.05, 0.1) is 5.02 Å². The third-order valence-corrected chi connectivity index (χ3v) is 5.74. The topological polar surface area (TPSA) is 66.4 Å². The van der Waals surface area contributed by atoms with Crippen LogP contribution in [0, 0.1) is 11.8 Å². The molecule has 0 heterocycles. The normalized spacial score (nSPS) is 17.3. The highest BCUT2D eigenvalue weighted by atomic mass is 35.5. The highest BCUT2D eigenvalue weighted by Crippen LogP contribution is 2.32. The number of aliphatic hydroxyl groups excluding tert-OH is 1. The molecule has 0 aliphatic heterocycles. The lowest BCUT2D eigenvalue weighted by molar-refractivity contribution is 0.350. The average molecular weight is 328 g/mol. The van der Waals surface area contributed by atoms with Crippen LogP contribution in [0.3, 0.4) is 0 Å². The summed E-state index contributed by atoms with van der Waals surface area (Å²) in [4.78, 5) is 0.0619. The second-order valence-electron chi connectivity index (χ2n) is 5.48. The van der Waals surface area contributed by atoms with Crippen LogP contribution in [0.25, 0.3) is 0 Å². The zero-order valence-electron chi connectivity index (χ0n) is 11.8. The van der Waals surface area contributed by atoms with E-state index >= 15 is 0 Å². The minimum absolute atomic E-state index is 0.0619. The summed E-state index contributed by atoms with van der Waals surface area (Å²) in [7, 11) is -3.65. The van der Waals surface area contributed by atoms with E-state index in [0.29, 0.717) is 5.56 Å². The molecule has 1 aliphatic rings. The van der Waals surface area contributed by atoms with Crippen LogP contribution in [0.1, 0.15) is 38.2 Å². The maximum Gasteiger partial charge on any atom is 0.242 e. The molecule has 114 valence electrons. The molecule has 0 aromatic heterocycles. The summed E-state index contributed by atoms with van der Waals surface area (Å²) >= 11 is 6.07. The van der Waals surface area contributed by atoms with Gasteiger partial charge in [0.15, 0.2) is 0 Å². The molecule has 1 aliphatic carbocycles. The molecule has 2 rings (SSSR count). The van der Waals surface area contributed by atoms with Crippen molar-refractivity contribution >= 4 is 21.6 Å². The summed E-state index contributed by atoms with van der Waals surface area (Å²) in [5.41, 5.74) is 0.178. The van der Waals surface area contributed by atoms with Gasteiger partial charge in [-0.2, -0.15) is 0 Å². The molecule has 1 aromatic carbocycles. The quantitative estimate of drug-likeness (QED) is 0.837. The van der Waals surface area contributed by atoms with Crippen molar-refractivity contribution in [3.63, 3.8) is 0 Å². The molecule has 0 saturated heterocycles. The Morgan fingerprint density at radius 1 is 1.38 bits per heavy atom. The molecule has 6 heteroatoms. The monoisotopic (exact) mass is 327 g/mol. The Morgan fingerprint density at radius 2 is 2.05 bits per heavy atom. The molecule has 2 N–H and O–H groups in total. The molecule has 21 heavy (non-hydrogen) atoms. The van der Waals surface area contributed by atoms with Crippen LogP contribution in [-0.2, 0) is 10.0 Å². The van der Waals surface area contributed by atoms with Crippen molar-refractivity contribution in [1.29, 1.82) is 0 Å². The number of benzene rings is 1. The fraction of sp³-hybridized carbons (Fsp3) is 0.467. The van der Waals surface area contributed by atoms with E-state index in [0.717, 1.165) is 25.7 Å². The third kappa shape index (κ3) is 3.98. The molecular weight excluding hydrogens is 310 g/mol. The van der Waals surface area contributed by atoms with Gasteiger partial charge in [-0.1, -0.05) is 36.3 Å². The molecule has 0 unspecified atom stereocenters. The van der Waals surface area contributed by atoms with Crippen molar-refractivity contribution in [2.75, 3.05) is 6.61 Å². The van der Waals surface area contributed by atoms with E-state index < -0.39 is 15.6 Å². The molecule has 1 fully saturated rings. The molecule has 0 bridgehead atoms. The van der Waals surface area contributed by atoms with E-state index in [9.17, 15) is 8.42 Å². The van der Waals surface area contributed by atoms with Gasteiger partial charge in [0.1, 0.15) is 11.5 Å². The first-order chi connectivity index (χ1) is 9.86. The summed E-state index contributed by atoms with van der Waals surface area (Å²) in [5, 5.41) is 8.79. The zero-order valence-corrected chi connectivity index (χ0v) is 13.4. The number of hydrogen-bond donors (Lipinski definition) is 2. The summed E-state index contributed by atoms with van der Waals surface area (Å²) < 4.78 is 27.7. The Kier molecular flexibility index (Phi) is 4.95. The maximum absolute atomic E-state index is 12.5. The van der Waals surface area contributed by atoms with E-state index in [4.69, 9.17) is 16.7 Å². The first kappa shape index (κ1) is 16.3. The fourth-order valence-corrected chi connectivity index (χ4v) is 4.59. The van der Waals surface area contributed by atoms with Crippen molar-refractivity contribution < 1.29 is 13.5 Å². The lowest BCUT2D eigenvalue weighted by atomic mass is 10.0. The van der Waals surface area contributed by atoms with E-state index in [-0.39, 0.29) is 16.5 Å². The first-order valence-electron chi connectivity index (χ1n) is 6.80. The van der Waals surface area contributed by atoms with E-state index in [1.807, 2.05) is 6.92 Å². The Morgan fingerprint density at radius 3 is 2.62 bits per heavy atom. The highest BCUT2D eigenvalue weighted by molar-refractivity contribution is 7.89. The average Bonchev–Trinajstić information content (AvgIpc) is 2.81. The summed E-state index contributed by atoms with van der Waals surface area (Å²) in [6.07, 6.45) is 3.73. The van der Waals surface area contributed by atoms with Gasteiger partial charge in [0.2, 0.25) is 10.0 Å². The van der Waals surface area contributed by atoms with Crippen LogP contribution < -0.4 is 4.72 Å². The number of halogens is 1. The third-order valence-electron chi connectivity index (χ3n) is 3.62. The first-order valence-corrected chi connectivity index (χ1v) is 8.66. The van der Waals surface area contributed by atoms with Gasteiger partial charge in [-0.15, -0.1) is 0 Å². The van der Waals surface area contributed by atoms with Crippen molar-refractivity contribution in [2.45, 2.75) is 43.0 Å². The Bertz CT molecular complexity index is 683. The van der Waals surface area contributed by atoms with Crippen LogP contribution in [0.5, 0.6) is 0 Å². The second kappa shape index (κ2) is 6.37. The molecule has 0 spiro atoms.